The molecule has 2 rings (SSSR count). The quantitative estimate of drug-likeness (QED) is 0.734. The van der Waals surface area contributed by atoms with Crippen molar-refractivity contribution in [1.82, 2.24) is 9.78 Å². The van der Waals surface area contributed by atoms with E-state index >= 15 is 0 Å². The fourth-order valence-corrected chi connectivity index (χ4v) is 1.78. The van der Waals surface area contributed by atoms with Crippen LogP contribution in [0.25, 0.3) is 0 Å². The molecule has 0 aliphatic rings. The third-order valence-corrected chi connectivity index (χ3v) is 2.70. The lowest BCUT2D eigenvalue weighted by Gasteiger charge is -2.06. The van der Waals surface area contributed by atoms with Gasteiger partial charge in [-0.3, -0.25) is 9.48 Å². The number of hydrogen-bond donors (Lipinski definition) is 0. The summed E-state index contributed by atoms with van der Waals surface area (Å²) in [6.45, 7) is 2.05. The summed E-state index contributed by atoms with van der Waals surface area (Å²) in [6, 6.07) is 9.45. The number of ketones is 1. The van der Waals surface area contributed by atoms with Crippen LogP contribution in [0.4, 0.5) is 0 Å². The molecule has 1 heterocycles. The van der Waals surface area contributed by atoms with Crippen LogP contribution in [-0.4, -0.2) is 15.6 Å². The summed E-state index contributed by atoms with van der Waals surface area (Å²) < 4.78 is 1.61. The Balaban J connectivity index is 2.46. The van der Waals surface area contributed by atoms with E-state index in [1.165, 1.54) is 0 Å². The molecule has 0 aliphatic carbocycles. The third-order valence-electron chi connectivity index (χ3n) is 2.70. The van der Waals surface area contributed by atoms with Crippen molar-refractivity contribution in [3.63, 3.8) is 0 Å². The zero-order chi connectivity index (χ0) is 11.5. The average molecular weight is 214 g/mol. The summed E-state index contributed by atoms with van der Waals surface area (Å²) in [5, 5.41) is 4.01. The summed E-state index contributed by atoms with van der Waals surface area (Å²) >= 11 is 0. The Morgan fingerprint density at radius 1 is 1.31 bits per heavy atom. The largest absolute Gasteiger partial charge is 0.287 e. The van der Waals surface area contributed by atoms with E-state index in [1.807, 2.05) is 24.3 Å². The second-order valence-corrected chi connectivity index (χ2v) is 3.68. The highest BCUT2D eigenvalue weighted by Gasteiger charge is 2.14. The molecule has 0 N–H and O–H groups in total. The summed E-state index contributed by atoms with van der Waals surface area (Å²) in [7, 11) is 1.78. The molecule has 0 radical (unpaired) electrons. The van der Waals surface area contributed by atoms with Crippen molar-refractivity contribution in [2.24, 2.45) is 7.05 Å². The van der Waals surface area contributed by atoms with Crippen molar-refractivity contribution in [2.45, 2.75) is 13.3 Å². The predicted molar refractivity (Wildman–Crippen MR) is 62.5 cm³/mol. The zero-order valence-electron chi connectivity index (χ0n) is 9.47. The molecule has 16 heavy (non-hydrogen) atoms. The van der Waals surface area contributed by atoms with Gasteiger partial charge >= 0.3 is 0 Å². The molecule has 1 aromatic carbocycles. The normalized spacial score (nSPS) is 10.4. The van der Waals surface area contributed by atoms with E-state index in [1.54, 1.807) is 24.0 Å². The van der Waals surface area contributed by atoms with E-state index in [9.17, 15) is 4.79 Å². The highest BCUT2D eigenvalue weighted by Crippen LogP contribution is 2.14. The molecular weight excluding hydrogens is 200 g/mol. The lowest BCUT2D eigenvalue weighted by atomic mass is 10.00. The second kappa shape index (κ2) is 4.31. The first-order chi connectivity index (χ1) is 7.74. The van der Waals surface area contributed by atoms with Crippen LogP contribution < -0.4 is 0 Å². The smallest absolute Gasteiger partial charge is 0.211 e. The number of aromatic nitrogens is 2. The van der Waals surface area contributed by atoms with Gasteiger partial charge in [-0.25, -0.2) is 0 Å². The monoisotopic (exact) mass is 214 g/mol. The SMILES string of the molecule is CCc1ccccc1C(=O)c1ccnn1C. The molecule has 3 heteroatoms. The maximum Gasteiger partial charge on any atom is 0.211 e. The van der Waals surface area contributed by atoms with Crippen LogP contribution in [0, 0.1) is 0 Å². The first-order valence-corrected chi connectivity index (χ1v) is 5.34. The van der Waals surface area contributed by atoms with E-state index in [2.05, 4.69) is 12.0 Å². The van der Waals surface area contributed by atoms with Gasteiger partial charge in [-0.15, -0.1) is 0 Å². The van der Waals surface area contributed by atoms with E-state index in [-0.39, 0.29) is 5.78 Å². The maximum absolute atomic E-state index is 12.2. The fourth-order valence-electron chi connectivity index (χ4n) is 1.78. The first-order valence-electron chi connectivity index (χ1n) is 5.34. The van der Waals surface area contributed by atoms with Crippen LogP contribution in [0.15, 0.2) is 36.5 Å². The number of carbonyl (C=O) groups is 1. The van der Waals surface area contributed by atoms with Gasteiger partial charge in [0.2, 0.25) is 5.78 Å². The third kappa shape index (κ3) is 1.76. The van der Waals surface area contributed by atoms with E-state index in [0.29, 0.717) is 5.69 Å². The van der Waals surface area contributed by atoms with Crippen LogP contribution in [0.1, 0.15) is 28.5 Å². The van der Waals surface area contributed by atoms with E-state index in [4.69, 9.17) is 0 Å². The van der Waals surface area contributed by atoms with Gasteiger partial charge in [-0.1, -0.05) is 31.2 Å². The van der Waals surface area contributed by atoms with Gasteiger partial charge in [-0.2, -0.15) is 5.10 Å². The summed E-state index contributed by atoms with van der Waals surface area (Å²) in [6.07, 6.45) is 2.50. The number of hydrogen-bond acceptors (Lipinski definition) is 2. The highest BCUT2D eigenvalue weighted by molar-refractivity contribution is 6.08. The van der Waals surface area contributed by atoms with Gasteiger partial charge in [0.1, 0.15) is 5.69 Å². The van der Waals surface area contributed by atoms with Crippen LogP contribution in [0.2, 0.25) is 0 Å². The predicted octanol–water partition coefficient (Wildman–Crippen LogP) is 2.21. The summed E-state index contributed by atoms with van der Waals surface area (Å²) in [5.41, 5.74) is 2.48. The van der Waals surface area contributed by atoms with Gasteiger partial charge in [0.15, 0.2) is 0 Å². The van der Waals surface area contributed by atoms with Crippen molar-refractivity contribution >= 4 is 5.78 Å². The van der Waals surface area contributed by atoms with Gasteiger partial charge in [0.05, 0.1) is 0 Å². The number of rotatable bonds is 3. The van der Waals surface area contributed by atoms with E-state index < -0.39 is 0 Å². The molecule has 0 aliphatic heterocycles. The Labute approximate surface area is 94.7 Å². The minimum absolute atomic E-state index is 0.0393. The minimum atomic E-state index is 0.0393. The molecule has 0 fully saturated rings. The summed E-state index contributed by atoms with van der Waals surface area (Å²) in [4.78, 5) is 12.2. The Morgan fingerprint density at radius 2 is 2.06 bits per heavy atom. The first kappa shape index (κ1) is 10.6. The van der Waals surface area contributed by atoms with Gasteiger partial charge in [0, 0.05) is 18.8 Å². The second-order valence-electron chi connectivity index (χ2n) is 3.68. The number of benzene rings is 1. The summed E-state index contributed by atoms with van der Waals surface area (Å²) in [5.74, 6) is 0.0393. The Morgan fingerprint density at radius 3 is 2.69 bits per heavy atom. The molecule has 1 aromatic heterocycles. The standard InChI is InChI=1S/C13H14N2O/c1-3-10-6-4-5-7-11(10)13(16)12-8-9-14-15(12)2/h4-9H,3H2,1-2H3. The van der Waals surface area contributed by atoms with Crippen molar-refractivity contribution in [3.05, 3.63) is 53.3 Å². The molecule has 0 amide bonds. The topological polar surface area (TPSA) is 34.9 Å². The molecule has 0 saturated heterocycles. The molecular formula is C13H14N2O. The lowest BCUT2D eigenvalue weighted by molar-refractivity contribution is 0.102. The van der Waals surface area contributed by atoms with Gasteiger partial charge < -0.3 is 0 Å². The average Bonchev–Trinajstić information content (AvgIpc) is 2.74. The van der Waals surface area contributed by atoms with Crippen LogP contribution in [0.3, 0.4) is 0 Å². The Bertz CT molecular complexity index is 514. The van der Waals surface area contributed by atoms with Crippen LogP contribution in [0.5, 0.6) is 0 Å². The highest BCUT2D eigenvalue weighted by atomic mass is 16.1. The van der Waals surface area contributed by atoms with Crippen molar-refractivity contribution in [1.29, 1.82) is 0 Å². The maximum atomic E-state index is 12.2. The Hall–Kier alpha value is -1.90. The Kier molecular flexibility index (Phi) is 2.86. The van der Waals surface area contributed by atoms with Gasteiger partial charge in [0.25, 0.3) is 0 Å². The fraction of sp³-hybridized carbons (Fsp3) is 0.231. The van der Waals surface area contributed by atoms with Crippen LogP contribution >= 0.6 is 0 Å². The minimum Gasteiger partial charge on any atom is -0.287 e. The number of nitrogens with zero attached hydrogens (tertiary/aromatic N) is 2. The lowest BCUT2D eigenvalue weighted by Crippen LogP contribution is -2.10. The molecule has 0 unspecified atom stereocenters. The molecule has 0 saturated carbocycles. The molecule has 0 atom stereocenters. The number of carbonyl (C=O) groups excluding carboxylic acids is 1. The van der Waals surface area contributed by atoms with Crippen molar-refractivity contribution < 1.29 is 4.79 Å². The van der Waals surface area contributed by atoms with E-state index in [0.717, 1.165) is 17.5 Å². The molecule has 0 spiro atoms. The van der Waals surface area contributed by atoms with Gasteiger partial charge in [-0.05, 0) is 18.1 Å². The zero-order valence-corrected chi connectivity index (χ0v) is 9.47. The molecule has 82 valence electrons. The molecule has 0 bridgehead atoms. The number of aryl methyl sites for hydroxylation is 2. The van der Waals surface area contributed by atoms with Crippen molar-refractivity contribution in [2.75, 3.05) is 0 Å². The molecule has 2 aromatic rings. The molecule has 3 nitrogen and oxygen atoms in total. The van der Waals surface area contributed by atoms with Crippen LogP contribution in [-0.2, 0) is 13.5 Å². The van der Waals surface area contributed by atoms with Crippen molar-refractivity contribution in [3.8, 4) is 0 Å².